The van der Waals surface area contributed by atoms with Crippen molar-refractivity contribution in [2.75, 3.05) is 26.2 Å². The lowest BCUT2D eigenvalue weighted by atomic mass is 9.85. The van der Waals surface area contributed by atoms with Crippen molar-refractivity contribution < 1.29 is 4.52 Å². The number of hydrogen-bond acceptors (Lipinski definition) is 5. The number of piperazine rings is 1. The molecule has 2 aromatic heterocycles. The smallest absolute Gasteiger partial charge is 0.124 e. The fourth-order valence-corrected chi connectivity index (χ4v) is 4.29. The topological polar surface area (TPSA) is 50.3 Å². The molecule has 1 saturated carbocycles. The molecule has 25 heavy (non-hydrogen) atoms. The van der Waals surface area contributed by atoms with Gasteiger partial charge in [0.2, 0.25) is 0 Å². The highest BCUT2D eigenvalue weighted by Gasteiger charge is 2.24. The van der Waals surface area contributed by atoms with Crippen LogP contribution in [0.3, 0.4) is 0 Å². The Balaban J connectivity index is 1.34. The van der Waals surface area contributed by atoms with E-state index in [1.54, 1.807) is 6.26 Å². The maximum Gasteiger partial charge on any atom is 0.124 e. The van der Waals surface area contributed by atoms with Crippen molar-refractivity contribution in [1.82, 2.24) is 24.7 Å². The first kappa shape index (κ1) is 16.8. The standard InChI is InChI=1S/C19H29N5O/c1-22-13-17(19(20-22)16-5-3-2-4-6-16)14-23-8-10-24(11-9-23)15-18-7-12-25-21-18/h7,12-13,16H,2-6,8-11,14-15H2,1H3. The van der Waals surface area contributed by atoms with Gasteiger partial charge in [0.1, 0.15) is 6.26 Å². The van der Waals surface area contributed by atoms with Crippen LogP contribution in [-0.4, -0.2) is 50.9 Å². The molecule has 6 nitrogen and oxygen atoms in total. The molecule has 6 heteroatoms. The molecule has 0 atom stereocenters. The molecule has 0 amide bonds. The van der Waals surface area contributed by atoms with Crippen molar-refractivity contribution in [3.8, 4) is 0 Å². The largest absolute Gasteiger partial charge is 0.364 e. The van der Waals surface area contributed by atoms with Crippen LogP contribution in [-0.2, 0) is 20.1 Å². The van der Waals surface area contributed by atoms with Gasteiger partial charge in [-0.05, 0) is 12.8 Å². The molecular formula is C19H29N5O. The van der Waals surface area contributed by atoms with Gasteiger partial charge in [0.15, 0.2) is 0 Å². The molecule has 0 N–H and O–H groups in total. The summed E-state index contributed by atoms with van der Waals surface area (Å²) in [4.78, 5) is 5.03. The molecule has 136 valence electrons. The zero-order valence-corrected chi connectivity index (χ0v) is 15.2. The molecule has 1 aliphatic carbocycles. The molecule has 0 spiro atoms. The monoisotopic (exact) mass is 343 g/mol. The van der Waals surface area contributed by atoms with Gasteiger partial charge in [-0.25, -0.2) is 0 Å². The first-order chi connectivity index (χ1) is 12.3. The Bertz CT molecular complexity index is 651. The van der Waals surface area contributed by atoms with Gasteiger partial charge in [-0.1, -0.05) is 24.4 Å². The van der Waals surface area contributed by atoms with E-state index in [1.165, 1.54) is 43.4 Å². The summed E-state index contributed by atoms with van der Waals surface area (Å²) in [6.07, 6.45) is 10.6. The predicted molar refractivity (Wildman–Crippen MR) is 96.1 cm³/mol. The van der Waals surface area contributed by atoms with Crippen LogP contribution in [0, 0.1) is 0 Å². The molecule has 4 rings (SSSR count). The summed E-state index contributed by atoms with van der Waals surface area (Å²) in [6, 6.07) is 1.96. The number of aryl methyl sites for hydroxylation is 1. The van der Waals surface area contributed by atoms with E-state index in [4.69, 9.17) is 9.62 Å². The van der Waals surface area contributed by atoms with Gasteiger partial charge in [0.05, 0.1) is 11.4 Å². The maximum atomic E-state index is 4.93. The molecule has 2 aromatic rings. The van der Waals surface area contributed by atoms with Crippen LogP contribution in [0.25, 0.3) is 0 Å². The molecule has 0 radical (unpaired) electrons. The van der Waals surface area contributed by atoms with E-state index in [0.717, 1.165) is 45.0 Å². The van der Waals surface area contributed by atoms with Gasteiger partial charge in [-0.2, -0.15) is 5.10 Å². The van der Waals surface area contributed by atoms with Gasteiger partial charge in [-0.15, -0.1) is 0 Å². The lowest BCUT2D eigenvalue weighted by Crippen LogP contribution is -2.45. The minimum atomic E-state index is 0.679. The molecule has 2 aliphatic rings. The van der Waals surface area contributed by atoms with E-state index < -0.39 is 0 Å². The van der Waals surface area contributed by atoms with Crippen molar-refractivity contribution in [3.05, 3.63) is 35.5 Å². The Morgan fingerprint density at radius 2 is 1.76 bits per heavy atom. The van der Waals surface area contributed by atoms with Gasteiger partial charge < -0.3 is 4.52 Å². The van der Waals surface area contributed by atoms with Crippen LogP contribution in [0.15, 0.2) is 23.0 Å². The summed E-state index contributed by atoms with van der Waals surface area (Å²) in [5.74, 6) is 0.679. The Morgan fingerprint density at radius 1 is 1.04 bits per heavy atom. The Morgan fingerprint density at radius 3 is 2.44 bits per heavy atom. The van der Waals surface area contributed by atoms with Crippen LogP contribution in [0.2, 0.25) is 0 Å². The number of rotatable bonds is 5. The van der Waals surface area contributed by atoms with Crippen LogP contribution >= 0.6 is 0 Å². The van der Waals surface area contributed by atoms with Crippen molar-refractivity contribution in [2.45, 2.75) is 51.1 Å². The number of hydrogen-bond donors (Lipinski definition) is 0. The van der Waals surface area contributed by atoms with E-state index in [2.05, 4.69) is 28.2 Å². The molecule has 1 saturated heterocycles. The van der Waals surface area contributed by atoms with E-state index in [9.17, 15) is 0 Å². The summed E-state index contributed by atoms with van der Waals surface area (Å²) in [5, 5.41) is 8.85. The maximum absolute atomic E-state index is 4.93. The second kappa shape index (κ2) is 7.70. The molecule has 0 aromatic carbocycles. The molecule has 2 fully saturated rings. The third kappa shape index (κ3) is 4.12. The van der Waals surface area contributed by atoms with Crippen LogP contribution in [0.1, 0.15) is 55.0 Å². The van der Waals surface area contributed by atoms with Gasteiger partial charge in [0.25, 0.3) is 0 Å². The summed E-state index contributed by atoms with van der Waals surface area (Å²) >= 11 is 0. The fourth-order valence-electron chi connectivity index (χ4n) is 4.29. The number of aromatic nitrogens is 3. The lowest BCUT2D eigenvalue weighted by Gasteiger charge is -2.34. The summed E-state index contributed by atoms with van der Waals surface area (Å²) in [5.41, 5.74) is 3.84. The molecular weight excluding hydrogens is 314 g/mol. The SMILES string of the molecule is Cn1cc(CN2CCN(Cc3ccon3)CC2)c(C2CCCCC2)n1. The van der Waals surface area contributed by atoms with Crippen molar-refractivity contribution in [2.24, 2.45) is 7.05 Å². The average molecular weight is 343 g/mol. The summed E-state index contributed by atoms with van der Waals surface area (Å²) in [6.45, 7) is 6.33. The number of nitrogens with zero attached hydrogens (tertiary/aromatic N) is 5. The van der Waals surface area contributed by atoms with Crippen LogP contribution in [0.4, 0.5) is 0 Å². The van der Waals surface area contributed by atoms with Gasteiger partial charge >= 0.3 is 0 Å². The average Bonchev–Trinajstić information content (AvgIpc) is 3.27. The summed E-state index contributed by atoms with van der Waals surface area (Å²) < 4.78 is 6.95. The molecule has 0 unspecified atom stereocenters. The van der Waals surface area contributed by atoms with Crippen molar-refractivity contribution >= 4 is 0 Å². The van der Waals surface area contributed by atoms with E-state index in [-0.39, 0.29) is 0 Å². The Kier molecular flexibility index (Phi) is 5.17. The molecule has 1 aliphatic heterocycles. The second-order valence-corrected chi connectivity index (χ2v) is 7.59. The highest BCUT2D eigenvalue weighted by molar-refractivity contribution is 5.22. The first-order valence-electron chi connectivity index (χ1n) is 9.64. The molecule has 3 heterocycles. The van der Waals surface area contributed by atoms with Crippen molar-refractivity contribution in [1.29, 1.82) is 0 Å². The normalized spacial score (nSPS) is 21.0. The fraction of sp³-hybridized carbons (Fsp3) is 0.684. The van der Waals surface area contributed by atoms with E-state index >= 15 is 0 Å². The minimum absolute atomic E-state index is 0.679. The second-order valence-electron chi connectivity index (χ2n) is 7.59. The quantitative estimate of drug-likeness (QED) is 0.835. The highest BCUT2D eigenvalue weighted by Crippen LogP contribution is 2.33. The van der Waals surface area contributed by atoms with E-state index in [0.29, 0.717) is 5.92 Å². The zero-order valence-electron chi connectivity index (χ0n) is 15.2. The summed E-state index contributed by atoms with van der Waals surface area (Å²) in [7, 11) is 2.06. The van der Waals surface area contributed by atoms with Gasteiger partial charge in [0, 0.05) is 70.1 Å². The zero-order chi connectivity index (χ0) is 17.1. The highest BCUT2D eigenvalue weighted by atomic mass is 16.5. The van der Waals surface area contributed by atoms with Crippen molar-refractivity contribution in [3.63, 3.8) is 0 Å². The first-order valence-corrected chi connectivity index (χ1v) is 9.64. The Hall–Kier alpha value is -1.66. The minimum Gasteiger partial charge on any atom is -0.364 e. The van der Waals surface area contributed by atoms with Crippen LogP contribution < -0.4 is 0 Å². The Labute approximate surface area is 149 Å². The van der Waals surface area contributed by atoms with Gasteiger partial charge in [-0.3, -0.25) is 14.5 Å². The van der Waals surface area contributed by atoms with E-state index in [1.807, 2.05) is 10.7 Å². The third-order valence-electron chi connectivity index (χ3n) is 5.66. The third-order valence-corrected chi connectivity index (χ3v) is 5.66. The van der Waals surface area contributed by atoms with Crippen LogP contribution in [0.5, 0.6) is 0 Å². The molecule has 0 bridgehead atoms. The predicted octanol–water partition coefficient (Wildman–Crippen LogP) is 2.77. The lowest BCUT2D eigenvalue weighted by molar-refractivity contribution is 0.119.